The maximum Gasteiger partial charge on any atom is 0.408 e. The fourth-order valence-corrected chi connectivity index (χ4v) is 9.97. The van der Waals surface area contributed by atoms with Crippen LogP contribution in [0.25, 0.3) is 17.5 Å². The monoisotopic (exact) mass is 919 g/mol. The summed E-state index contributed by atoms with van der Waals surface area (Å²) in [7, 11) is 3.69. The fourth-order valence-electron chi connectivity index (χ4n) is 9.97. The summed E-state index contributed by atoms with van der Waals surface area (Å²) >= 11 is 0. The molecular weight excluding hydrogens is 851 g/mol. The normalized spacial score (nSPS) is 35.5. The number of fused-ring (bicyclic) bond motifs is 1. The highest BCUT2D eigenvalue weighted by molar-refractivity contribution is 5.85. The Labute approximate surface area is 388 Å². The Hall–Kier alpha value is -4.97. The molecule has 1 aromatic heterocycles. The molecule has 1 saturated carbocycles. The zero-order valence-electron chi connectivity index (χ0n) is 39.9. The summed E-state index contributed by atoms with van der Waals surface area (Å²) in [4.78, 5) is 80.4. The van der Waals surface area contributed by atoms with Crippen LogP contribution in [-0.4, -0.2) is 131 Å². The fraction of sp³-hybridized carbons (Fsp3) is 0.653. The number of hydrogen-bond donors (Lipinski definition) is 3. The second-order valence-electron chi connectivity index (χ2n) is 19.4. The third kappa shape index (κ3) is 11.8. The van der Waals surface area contributed by atoms with E-state index < -0.39 is 95.7 Å². The van der Waals surface area contributed by atoms with Crippen molar-refractivity contribution in [2.75, 3.05) is 20.6 Å². The predicted octanol–water partition coefficient (Wildman–Crippen LogP) is 5.87. The summed E-state index contributed by atoms with van der Waals surface area (Å²) in [5.41, 5.74) is -1.46. The van der Waals surface area contributed by atoms with Gasteiger partial charge in [-0.2, -0.15) is 0 Å². The first kappa shape index (κ1) is 50.4. The van der Waals surface area contributed by atoms with Crippen LogP contribution in [0.5, 0.6) is 0 Å². The van der Waals surface area contributed by atoms with Gasteiger partial charge in [-0.1, -0.05) is 64.1 Å². The van der Waals surface area contributed by atoms with Gasteiger partial charge >= 0.3 is 24.1 Å². The maximum atomic E-state index is 14.7. The number of carbonyl (C=O) groups is 5. The quantitative estimate of drug-likeness (QED) is 0.168. The first-order valence-electron chi connectivity index (χ1n) is 23.3. The number of esters is 2. The summed E-state index contributed by atoms with van der Waals surface area (Å²) in [5, 5.41) is 17.4. The van der Waals surface area contributed by atoms with Gasteiger partial charge in [-0.15, -0.1) is 0 Å². The number of hydrogen-bond acceptors (Lipinski definition) is 15. The van der Waals surface area contributed by atoms with Crippen LogP contribution in [0.4, 0.5) is 9.59 Å². The number of benzene rings is 1. The van der Waals surface area contributed by atoms with E-state index in [0.717, 1.165) is 24.0 Å². The van der Waals surface area contributed by atoms with Crippen molar-refractivity contribution in [1.82, 2.24) is 25.5 Å². The number of ketones is 1. The van der Waals surface area contributed by atoms with Crippen molar-refractivity contribution in [3.8, 4) is 11.4 Å². The van der Waals surface area contributed by atoms with E-state index >= 15 is 0 Å². The van der Waals surface area contributed by atoms with Crippen molar-refractivity contribution < 1.29 is 57.5 Å². The molecule has 362 valence electrons. The predicted molar refractivity (Wildman–Crippen MR) is 242 cm³/mol. The molecule has 0 unspecified atom stereocenters. The molecule has 17 nitrogen and oxygen atoms in total. The van der Waals surface area contributed by atoms with Crippen LogP contribution < -0.4 is 10.6 Å². The molecule has 0 bridgehead atoms. The molecule has 14 atom stereocenters. The average Bonchev–Trinajstić information content (AvgIpc) is 4.04. The Morgan fingerprint density at radius 3 is 2.33 bits per heavy atom. The first-order valence-corrected chi connectivity index (χ1v) is 23.3. The number of aliphatic hydroxyl groups excluding tert-OH is 1. The summed E-state index contributed by atoms with van der Waals surface area (Å²) in [6.07, 6.45) is 1.53. The summed E-state index contributed by atoms with van der Waals surface area (Å²) in [6.45, 7) is 13.7. The van der Waals surface area contributed by atoms with Crippen LogP contribution >= 0.6 is 0 Å². The van der Waals surface area contributed by atoms with Crippen molar-refractivity contribution in [3.05, 3.63) is 54.4 Å². The third-order valence-corrected chi connectivity index (χ3v) is 13.8. The van der Waals surface area contributed by atoms with Crippen molar-refractivity contribution in [1.29, 1.82) is 0 Å². The number of Topliss-reactive ketones (excluding diaryl/α,β-unsaturated/α-hetero) is 1. The van der Waals surface area contributed by atoms with Gasteiger partial charge in [-0.25, -0.2) is 19.6 Å². The summed E-state index contributed by atoms with van der Waals surface area (Å²) in [5.74, 6) is -4.59. The lowest BCUT2D eigenvalue weighted by molar-refractivity contribution is -0.298. The van der Waals surface area contributed by atoms with Gasteiger partial charge in [-0.3, -0.25) is 14.4 Å². The van der Waals surface area contributed by atoms with Gasteiger partial charge in [0.15, 0.2) is 17.7 Å². The third-order valence-electron chi connectivity index (χ3n) is 13.8. The molecule has 6 rings (SSSR count). The SMILES string of the molecule is CC[C@H]1OC(=O)[C@H](C)[C@@H](OC(=O)CC2CC2)[C@H](C)[C@@H](O[C@@H]2O[C@H](C)C[C@H](N(C)C)[C@H]2O)[C@](C)(OC(=O)NCC=Cc2ccc(-c3ncccn3)cc2)C[C@@H](C)C(=O)[C@H](C)[C@H]2NC(=O)O[C@@]21C. The van der Waals surface area contributed by atoms with Gasteiger partial charge in [0.1, 0.15) is 35.8 Å². The van der Waals surface area contributed by atoms with E-state index in [1.165, 1.54) is 0 Å². The number of aliphatic hydroxyl groups is 1. The number of alkyl carbamates (subject to hydrolysis) is 2. The Bertz CT molecular complexity index is 2050. The zero-order valence-corrected chi connectivity index (χ0v) is 39.9. The average molecular weight is 920 g/mol. The molecule has 4 aliphatic rings. The van der Waals surface area contributed by atoms with Gasteiger partial charge in [-0.05, 0) is 91.4 Å². The number of nitrogens with one attached hydrogen (secondary N) is 2. The van der Waals surface area contributed by atoms with Crippen molar-refractivity contribution in [3.63, 3.8) is 0 Å². The van der Waals surface area contributed by atoms with Crippen LogP contribution in [0.2, 0.25) is 0 Å². The summed E-state index contributed by atoms with van der Waals surface area (Å²) in [6, 6.07) is 8.07. The molecule has 2 amide bonds. The van der Waals surface area contributed by atoms with E-state index in [9.17, 15) is 29.1 Å². The van der Waals surface area contributed by atoms with E-state index in [-0.39, 0.29) is 49.7 Å². The van der Waals surface area contributed by atoms with Crippen LogP contribution in [0.1, 0.15) is 99.5 Å². The number of cyclic esters (lactones) is 1. The molecule has 4 fully saturated rings. The van der Waals surface area contributed by atoms with Gasteiger partial charge < -0.3 is 49.1 Å². The van der Waals surface area contributed by atoms with E-state index in [1.807, 2.05) is 56.3 Å². The van der Waals surface area contributed by atoms with Gasteiger partial charge in [0, 0.05) is 54.7 Å². The van der Waals surface area contributed by atoms with Crippen molar-refractivity contribution in [2.24, 2.45) is 29.6 Å². The maximum absolute atomic E-state index is 14.7. The smallest absolute Gasteiger partial charge is 0.408 e. The topological polar surface area (TPSA) is 214 Å². The van der Waals surface area contributed by atoms with Crippen molar-refractivity contribution in [2.45, 2.75) is 154 Å². The van der Waals surface area contributed by atoms with E-state index in [4.69, 9.17) is 28.4 Å². The Morgan fingerprint density at radius 1 is 1.02 bits per heavy atom. The molecule has 2 aromatic rings. The Balaban J connectivity index is 1.38. The number of nitrogens with zero attached hydrogens (tertiary/aromatic N) is 3. The molecule has 3 saturated heterocycles. The molecule has 0 spiro atoms. The van der Waals surface area contributed by atoms with Crippen LogP contribution in [0, 0.1) is 29.6 Å². The lowest BCUT2D eigenvalue weighted by atomic mass is 9.73. The molecule has 66 heavy (non-hydrogen) atoms. The van der Waals surface area contributed by atoms with Gasteiger partial charge in [0.2, 0.25) is 0 Å². The number of likely N-dealkylation sites (N-methyl/N-ethyl adjacent to an activating group) is 1. The first-order chi connectivity index (χ1) is 31.2. The number of ether oxygens (including phenoxy) is 6. The van der Waals surface area contributed by atoms with E-state index in [2.05, 4.69) is 20.6 Å². The molecule has 1 aromatic carbocycles. The largest absolute Gasteiger partial charge is 0.461 e. The van der Waals surface area contributed by atoms with Gasteiger partial charge in [0.05, 0.1) is 18.1 Å². The highest BCUT2D eigenvalue weighted by atomic mass is 16.7. The lowest BCUT2D eigenvalue weighted by Gasteiger charge is -2.48. The number of carbonyl (C=O) groups excluding carboxylic acids is 5. The number of amides is 2. The standard InChI is InChI=1S/C49H69N5O12/c1-11-36-49(8)41(53-47(60)66-49)29(4)38(56)27(2)26-48(7,65-46(59)52-21-12-14-32-17-19-34(20-18-32)43-50-22-13-23-51-43)42(64-45-39(57)35(54(9)10)24-28(3)61-45)30(5)40(31(6)44(58)62-36)63-37(55)25-33-15-16-33/h12-14,17-20,22-23,27-31,33,35-36,39-42,45,57H,11,15-16,21,24-26H2,1-10H3,(H,52,59)(H,53,60)/t27-,28-,29+,30+,31-,35+,36-,39-,40+,41-,42-,45+,48-,49-/m1/s1. The number of rotatable bonds is 12. The second kappa shape index (κ2) is 21.3. The number of aromatic nitrogens is 2. The zero-order chi connectivity index (χ0) is 48.1. The minimum atomic E-state index is -1.73. The van der Waals surface area contributed by atoms with Gasteiger partial charge in [0.25, 0.3) is 0 Å². The van der Waals surface area contributed by atoms with E-state index in [0.29, 0.717) is 12.2 Å². The minimum absolute atomic E-state index is 0.0559. The van der Waals surface area contributed by atoms with Crippen LogP contribution in [-0.2, 0) is 42.8 Å². The molecule has 17 heteroatoms. The highest BCUT2D eigenvalue weighted by Crippen LogP contribution is 2.42. The molecule has 3 aliphatic heterocycles. The Kier molecular flexibility index (Phi) is 16.3. The van der Waals surface area contributed by atoms with Crippen molar-refractivity contribution >= 4 is 36.0 Å². The molecular formula is C49H69N5O12. The van der Waals surface area contributed by atoms with Crippen LogP contribution in [0.3, 0.4) is 0 Å². The minimum Gasteiger partial charge on any atom is -0.461 e. The molecule has 1 aliphatic carbocycles. The van der Waals surface area contributed by atoms with Crippen LogP contribution in [0.15, 0.2) is 48.8 Å². The molecule has 0 radical (unpaired) electrons. The van der Waals surface area contributed by atoms with E-state index in [1.54, 1.807) is 73.0 Å². The second-order valence-corrected chi connectivity index (χ2v) is 19.4. The molecule has 3 N–H and O–H groups in total. The lowest BCUT2D eigenvalue weighted by Crippen LogP contribution is -2.61. The summed E-state index contributed by atoms with van der Waals surface area (Å²) < 4.78 is 37.9. The highest BCUT2D eigenvalue weighted by Gasteiger charge is 2.58. The molecule has 4 heterocycles. The Morgan fingerprint density at radius 2 is 1.70 bits per heavy atom.